The molecule has 160 valence electrons. The molecule has 0 bridgehead atoms. The Kier molecular flexibility index (Phi) is 6.24. The maximum absolute atomic E-state index is 12.9. The third-order valence-corrected chi connectivity index (χ3v) is 4.82. The highest BCUT2D eigenvalue weighted by atomic mass is 16.5. The maximum atomic E-state index is 12.9. The van der Waals surface area contributed by atoms with Crippen LogP contribution < -0.4 is 10.4 Å². The number of hydrogen-bond acceptors (Lipinski definition) is 7. The van der Waals surface area contributed by atoms with E-state index >= 15 is 0 Å². The fraction of sp³-hybridized carbons (Fsp3) is 0.455. The number of fused-ring (bicyclic) bond motifs is 1. The summed E-state index contributed by atoms with van der Waals surface area (Å²) in [6.45, 7) is 9.65. The van der Waals surface area contributed by atoms with Crippen molar-refractivity contribution in [1.82, 2.24) is 15.0 Å². The molecule has 1 unspecified atom stereocenters. The van der Waals surface area contributed by atoms with E-state index in [0.29, 0.717) is 34.9 Å². The smallest absolute Gasteiger partial charge is 0.336 e. The second-order valence-corrected chi connectivity index (χ2v) is 7.74. The number of rotatable bonds is 7. The fourth-order valence-corrected chi connectivity index (χ4v) is 3.24. The summed E-state index contributed by atoms with van der Waals surface area (Å²) in [4.78, 5) is 30.5. The summed E-state index contributed by atoms with van der Waals surface area (Å²) in [5.41, 5.74) is 1.74. The number of aromatic nitrogens is 2. The molecule has 3 aromatic rings. The van der Waals surface area contributed by atoms with Crippen molar-refractivity contribution in [2.75, 3.05) is 7.05 Å². The Morgan fingerprint density at radius 3 is 2.60 bits per heavy atom. The van der Waals surface area contributed by atoms with Crippen LogP contribution >= 0.6 is 0 Å². The topological polar surface area (TPSA) is 98.7 Å². The highest BCUT2D eigenvalue weighted by Crippen LogP contribution is 2.31. The van der Waals surface area contributed by atoms with E-state index in [2.05, 4.69) is 10.1 Å². The van der Waals surface area contributed by atoms with Gasteiger partial charge in [0.15, 0.2) is 11.9 Å². The molecule has 1 aromatic carbocycles. The van der Waals surface area contributed by atoms with Gasteiger partial charge in [-0.3, -0.25) is 4.79 Å². The highest BCUT2D eigenvalue weighted by molar-refractivity contribution is 5.88. The molecule has 0 radical (unpaired) electrons. The molecule has 30 heavy (non-hydrogen) atoms. The summed E-state index contributed by atoms with van der Waals surface area (Å²) >= 11 is 0. The lowest BCUT2D eigenvalue weighted by molar-refractivity contribution is -0.137. The van der Waals surface area contributed by atoms with E-state index in [-0.39, 0.29) is 18.4 Å². The van der Waals surface area contributed by atoms with Gasteiger partial charge in [-0.15, -0.1) is 0 Å². The van der Waals surface area contributed by atoms with Crippen molar-refractivity contribution in [3.63, 3.8) is 0 Å². The molecular weight excluding hydrogens is 386 g/mol. The number of carbonyl (C=O) groups is 1. The SMILES string of the molecule is CCc1cc(=O)oc2cc(C)cc(OC(C)C(=O)N(C)Cc3nc(C(C)C)no3)c12. The lowest BCUT2D eigenvalue weighted by Crippen LogP contribution is -2.37. The van der Waals surface area contributed by atoms with Crippen molar-refractivity contribution in [1.29, 1.82) is 0 Å². The molecule has 1 atom stereocenters. The third-order valence-electron chi connectivity index (χ3n) is 4.82. The molecular formula is C22H27N3O5. The van der Waals surface area contributed by atoms with Crippen LogP contribution in [0.2, 0.25) is 0 Å². The summed E-state index contributed by atoms with van der Waals surface area (Å²) in [5.74, 6) is 1.41. The van der Waals surface area contributed by atoms with E-state index in [1.807, 2.05) is 33.8 Å². The molecule has 3 rings (SSSR count). The second-order valence-electron chi connectivity index (χ2n) is 7.74. The van der Waals surface area contributed by atoms with Crippen molar-refractivity contribution in [3.8, 4) is 5.75 Å². The molecule has 0 fully saturated rings. The Balaban J connectivity index is 1.82. The highest BCUT2D eigenvalue weighted by Gasteiger charge is 2.23. The molecule has 0 spiro atoms. The van der Waals surface area contributed by atoms with Gasteiger partial charge in [0.1, 0.15) is 11.3 Å². The van der Waals surface area contributed by atoms with E-state index in [1.165, 1.54) is 11.0 Å². The van der Waals surface area contributed by atoms with E-state index in [4.69, 9.17) is 13.7 Å². The Morgan fingerprint density at radius 2 is 1.97 bits per heavy atom. The Bertz CT molecular complexity index is 1120. The van der Waals surface area contributed by atoms with Gasteiger partial charge in [0.2, 0.25) is 5.89 Å². The monoisotopic (exact) mass is 413 g/mol. The van der Waals surface area contributed by atoms with E-state index in [1.54, 1.807) is 20.0 Å². The Hall–Kier alpha value is -3.16. The van der Waals surface area contributed by atoms with Gasteiger partial charge in [0.25, 0.3) is 5.91 Å². The number of benzene rings is 1. The van der Waals surface area contributed by atoms with Gasteiger partial charge in [-0.2, -0.15) is 4.98 Å². The zero-order valence-corrected chi connectivity index (χ0v) is 18.2. The minimum atomic E-state index is -0.760. The number of nitrogens with zero attached hydrogens (tertiary/aromatic N) is 3. The van der Waals surface area contributed by atoms with Crippen LogP contribution in [0.15, 0.2) is 31.9 Å². The standard InChI is InChI=1S/C22H27N3O5/c1-7-15-10-19(26)29-17-9-13(4)8-16(20(15)17)28-14(5)22(27)25(6)11-18-23-21(12(2)3)24-30-18/h8-10,12,14H,7,11H2,1-6H3. The van der Waals surface area contributed by atoms with E-state index in [0.717, 1.165) is 11.1 Å². The molecule has 0 saturated heterocycles. The molecule has 8 nitrogen and oxygen atoms in total. The Morgan fingerprint density at radius 1 is 1.23 bits per heavy atom. The largest absolute Gasteiger partial charge is 0.480 e. The summed E-state index contributed by atoms with van der Waals surface area (Å²) in [6.07, 6.45) is -0.122. The van der Waals surface area contributed by atoms with Crippen LogP contribution in [0.3, 0.4) is 0 Å². The molecule has 0 N–H and O–H groups in total. The normalized spacial score (nSPS) is 12.4. The van der Waals surface area contributed by atoms with Crippen LogP contribution in [-0.2, 0) is 17.8 Å². The molecule has 2 aromatic heterocycles. The van der Waals surface area contributed by atoms with Gasteiger partial charge in [-0.05, 0) is 43.5 Å². The molecule has 2 heterocycles. The molecule has 1 amide bonds. The fourth-order valence-electron chi connectivity index (χ4n) is 3.24. The number of likely N-dealkylation sites (N-methyl/N-ethyl adjacent to an activating group) is 1. The van der Waals surface area contributed by atoms with Crippen molar-refractivity contribution in [2.24, 2.45) is 0 Å². The first-order chi connectivity index (χ1) is 14.2. The van der Waals surface area contributed by atoms with Crippen molar-refractivity contribution < 1.29 is 18.5 Å². The summed E-state index contributed by atoms with van der Waals surface area (Å²) in [6, 6.07) is 5.10. The minimum absolute atomic E-state index is 0.146. The molecule has 0 saturated carbocycles. The van der Waals surface area contributed by atoms with Gasteiger partial charge in [0.05, 0.1) is 11.9 Å². The number of carbonyl (C=O) groups excluding carboxylic acids is 1. The van der Waals surface area contributed by atoms with Crippen molar-refractivity contribution in [2.45, 2.75) is 59.6 Å². The quantitative estimate of drug-likeness (QED) is 0.546. The summed E-state index contributed by atoms with van der Waals surface area (Å²) in [5, 5.41) is 4.63. The predicted molar refractivity (Wildman–Crippen MR) is 112 cm³/mol. The molecule has 8 heteroatoms. The average molecular weight is 413 g/mol. The van der Waals surface area contributed by atoms with Crippen LogP contribution in [0.25, 0.3) is 11.0 Å². The molecule has 0 aliphatic carbocycles. The van der Waals surface area contributed by atoms with Crippen LogP contribution in [0.1, 0.15) is 56.5 Å². The summed E-state index contributed by atoms with van der Waals surface area (Å²) < 4.78 is 16.6. The molecule has 0 aliphatic heterocycles. The van der Waals surface area contributed by atoms with Crippen LogP contribution in [0, 0.1) is 6.92 Å². The Labute approximate surface area is 174 Å². The average Bonchev–Trinajstić information content (AvgIpc) is 3.14. The maximum Gasteiger partial charge on any atom is 0.336 e. The van der Waals surface area contributed by atoms with Crippen molar-refractivity contribution in [3.05, 3.63) is 51.5 Å². The lowest BCUT2D eigenvalue weighted by atomic mass is 10.0. The number of aryl methyl sites for hydroxylation is 2. The van der Waals surface area contributed by atoms with Gasteiger partial charge < -0.3 is 18.6 Å². The first-order valence-corrected chi connectivity index (χ1v) is 10.0. The third kappa shape index (κ3) is 4.53. The minimum Gasteiger partial charge on any atom is -0.480 e. The lowest BCUT2D eigenvalue weighted by Gasteiger charge is -2.22. The van der Waals surface area contributed by atoms with Gasteiger partial charge >= 0.3 is 5.63 Å². The van der Waals surface area contributed by atoms with Crippen LogP contribution in [0.4, 0.5) is 0 Å². The van der Waals surface area contributed by atoms with Gasteiger partial charge in [-0.1, -0.05) is 25.9 Å². The number of hydrogen-bond donors (Lipinski definition) is 0. The predicted octanol–water partition coefficient (Wildman–Crippen LogP) is 3.60. The molecule has 0 aliphatic rings. The number of amides is 1. The van der Waals surface area contributed by atoms with E-state index in [9.17, 15) is 9.59 Å². The van der Waals surface area contributed by atoms with E-state index < -0.39 is 11.7 Å². The number of ether oxygens (including phenoxy) is 1. The second kappa shape index (κ2) is 8.69. The van der Waals surface area contributed by atoms with Gasteiger partial charge in [0, 0.05) is 19.0 Å². The van der Waals surface area contributed by atoms with Crippen LogP contribution in [-0.4, -0.2) is 34.1 Å². The van der Waals surface area contributed by atoms with Gasteiger partial charge in [-0.25, -0.2) is 4.79 Å². The first kappa shape index (κ1) is 21.5. The zero-order chi connectivity index (χ0) is 22.0. The first-order valence-electron chi connectivity index (χ1n) is 10.0. The summed E-state index contributed by atoms with van der Waals surface area (Å²) in [7, 11) is 1.66. The van der Waals surface area contributed by atoms with Crippen LogP contribution in [0.5, 0.6) is 5.75 Å². The van der Waals surface area contributed by atoms with Crippen molar-refractivity contribution >= 4 is 16.9 Å². The zero-order valence-electron chi connectivity index (χ0n) is 18.2.